The highest BCUT2D eigenvalue weighted by molar-refractivity contribution is 5.75. The molecule has 0 saturated carbocycles. The highest BCUT2D eigenvalue weighted by atomic mass is 16.6. The second kappa shape index (κ2) is 4.78. The second-order valence-corrected chi connectivity index (χ2v) is 4.16. The lowest BCUT2D eigenvalue weighted by Crippen LogP contribution is -2.44. The summed E-state index contributed by atoms with van der Waals surface area (Å²) < 4.78 is 5.38. The van der Waals surface area contributed by atoms with Gasteiger partial charge in [-0.15, -0.1) is 0 Å². The third-order valence-corrected chi connectivity index (χ3v) is 2.87. The van der Waals surface area contributed by atoms with Crippen molar-refractivity contribution in [1.29, 1.82) is 0 Å². The Kier molecular flexibility index (Phi) is 3.93. The van der Waals surface area contributed by atoms with E-state index in [-0.39, 0.29) is 5.60 Å². The highest BCUT2D eigenvalue weighted by Crippen LogP contribution is 2.34. The maximum atomic E-state index is 11.3. The van der Waals surface area contributed by atoms with Crippen LogP contribution in [0.25, 0.3) is 0 Å². The molecule has 1 heterocycles. The van der Waals surface area contributed by atoms with Crippen molar-refractivity contribution in [3.63, 3.8) is 0 Å². The zero-order valence-electron chi connectivity index (χ0n) is 9.08. The van der Waals surface area contributed by atoms with E-state index in [0.717, 1.165) is 32.1 Å². The first kappa shape index (κ1) is 11.5. The van der Waals surface area contributed by atoms with Crippen molar-refractivity contribution < 1.29 is 14.6 Å². The van der Waals surface area contributed by atoms with Gasteiger partial charge >= 0.3 is 5.97 Å². The molecule has 0 spiro atoms. The summed E-state index contributed by atoms with van der Waals surface area (Å²) >= 11 is 0. The lowest BCUT2D eigenvalue weighted by Gasteiger charge is -2.38. The van der Waals surface area contributed by atoms with E-state index >= 15 is 0 Å². The van der Waals surface area contributed by atoms with Crippen molar-refractivity contribution in [2.45, 2.75) is 64.1 Å². The SMILES string of the molecule is CCCC1(CCC)CC[C@H](O)C(=O)O1. The molecule has 1 rings (SSSR count). The third-order valence-electron chi connectivity index (χ3n) is 2.87. The summed E-state index contributed by atoms with van der Waals surface area (Å²) in [4.78, 5) is 11.3. The first-order valence-corrected chi connectivity index (χ1v) is 5.54. The van der Waals surface area contributed by atoms with Gasteiger partial charge in [0.05, 0.1) is 0 Å². The summed E-state index contributed by atoms with van der Waals surface area (Å²) in [5.41, 5.74) is -0.278. The van der Waals surface area contributed by atoms with Gasteiger partial charge in [-0.3, -0.25) is 0 Å². The summed E-state index contributed by atoms with van der Waals surface area (Å²) in [6, 6.07) is 0. The Morgan fingerprint density at radius 1 is 1.43 bits per heavy atom. The van der Waals surface area contributed by atoms with E-state index in [1.165, 1.54) is 0 Å². The normalized spacial score (nSPS) is 25.9. The summed E-state index contributed by atoms with van der Waals surface area (Å²) in [6.45, 7) is 4.19. The largest absolute Gasteiger partial charge is 0.457 e. The molecule has 0 amide bonds. The molecule has 1 aliphatic rings. The molecular formula is C11H20O3. The molecule has 1 fully saturated rings. The fourth-order valence-electron chi connectivity index (χ4n) is 2.24. The van der Waals surface area contributed by atoms with Crippen LogP contribution in [0.3, 0.4) is 0 Å². The monoisotopic (exact) mass is 200 g/mol. The van der Waals surface area contributed by atoms with Crippen LogP contribution in [0.4, 0.5) is 0 Å². The van der Waals surface area contributed by atoms with E-state index in [4.69, 9.17) is 4.74 Å². The van der Waals surface area contributed by atoms with E-state index < -0.39 is 12.1 Å². The van der Waals surface area contributed by atoms with Crippen molar-refractivity contribution in [3.8, 4) is 0 Å². The minimum absolute atomic E-state index is 0.278. The molecule has 0 aliphatic carbocycles. The summed E-state index contributed by atoms with van der Waals surface area (Å²) in [5, 5.41) is 9.27. The van der Waals surface area contributed by atoms with Gasteiger partial charge in [0.25, 0.3) is 0 Å². The number of hydrogen-bond acceptors (Lipinski definition) is 3. The summed E-state index contributed by atoms with van der Waals surface area (Å²) in [6.07, 6.45) is 4.34. The molecule has 82 valence electrons. The average molecular weight is 200 g/mol. The quantitative estimate of drug-likeness (QED) is 0.706. The summed E-state index contributed by atoms with van der Waals surface area (Å²) in [5.74, 6) is -0.432. The Morgan fingerprint density at radius 3 is 2.43 bits per heavy atom. The Bertz CT molecular complexity index is 195. The first-order valence-electron chi connectivity index (χ1n) is 5.54. The van der Waals surface area contributed by atoms with Crippen LogP contribution < -0.4 is 0 Å². The third kappa shape index (κ3) is 2.47. The molecule has 0 aromatic heterocycles. The van der Waals surface area contributed by atoms with Crippen LogP contribution in [0.5, 0.6) is 0 Å². The minimum Gasteiger partial charge on any atom is -0.457 e. The molecule has 1 saturated heterocycles. The highest BCUT2D eigenvalue weighted by Gasteiger charge is 2.39. The van der Waals surface area contributed by atoms with Crippen LogP contribution in [-0.2, 0) is 9.53 Å². The van der Waals surface area contributed by atoms with Gasteiger partial charge < -0.3 is 9.84 Å². The standard InChI is InChI=1S/C11H20O3/c1-3-6-11(7-4-2)8-5-9(12)10(13)14-11/h9,12H,3-8H2,1-2H3/t9-/m0/s1. The predicted molar refractivity (Wildman–Crippen MR) is 53.9 cm³/mol. The number of aliphatic hydroxyl groups excluding tert-OH is 1. The number of ether oxygens (including phenoxy) is 1. The molecule has 0 unspecified atom stereocenters. The van der Waals surface area contributed by atoms with Crippen molar-refractivity contribution in [2.24, 2.45) is 0 Å². The first-order chi connectivity index (χ1) is 6.63. The van der Waals surface area contributed by atoms with E-state index in [9.17, 15) is 9.90 Å². The Morgan fingerprint density at radius 2 is 2.00 bits per heavy atom. The topological polar surface area (TPSA) is 46.5 Å². The van der Waals surface area contributed by atoms with Crippen LogP contribution in [-0.4, -0.2) is 22.8 Å². The number of cyclic esters (lactones) is 1. The zero-order valence-corrected chi connectivity index (χ0v) is 9.08. The van der Waals surface area contributed by atoms with Gasteiger partial charge in [-0.1, -0.05) is 26.7 Å². The smallest absolute Gasteiger partial charge is 0.335 e. The number of rotatable bonds is 4. The van der Waals surface area contributed by atoms with Gasteiger partial charge in [-0.2, -0.15) is 0 Å². The molecule has 0 radical (unpaired) electrons. The lowest BCUT2D eigenvalue weighted by molar-refractivity contribution is -0.183. The molecule has 14 heavy (non-hydrogen) atoms. The molecule has 0 bridgehead atoms. The van der Waals surface area contributed by atoms with Gasteiger partial charge in [0.1, 0.15) is 5.60 Å². The van der Waals surface area contributed by atoms with Gasteiger partial charge in [0.2, 0.25) is 0 Å². The maximum Gasteiger partial charge on any atom is 0.335 e. The van der Waals surface area contributed by atoms with Crippen LogP contribution in [0, 0.1) is 0 Å². The number of esters is 1. The Hall–Kier alpha value is -0.570. The Balaban J connectivity index is 2.64. The van der Waals surface area contributed by atoms with E-state index in [2.05, 4.69) is 13.8 Å². The minimum atomic E-state index is -0.892. The van der Waals surface area contributed by atoms with Crippen LogP contribution in [0.2, 0.25) is 0 Å². The molecule has 0 aromatic carbocycles. The van der Waals surface area contributed by atoms with Crippen LogP contribution in [0.15, 0.2) is 0 Å². The fraction of sp³-hybridized carbons (Fsp3) is 0.909. The zero-order chi connectivity index (χ0) is 10.6. The summed E-state index contributed by atoms with van der Waals surface area (Å²) in [7, 11) is 0. The van der Waals surface area contributed by atoms with Crippen LogP contribution >= 0.6 is 0 Å². The van der Waals surface area contributed by atoms with Gasteiger partial charge in [0.15, 0.2) is 6.10 Å². The molecule has 3 heteroatoms. The predicted octanol–water partition coefficient (Wildman–Crippen LogP) is 2.02. The fourth-order valence-corrected chi connectivity index (χ4v) is 2.24. The van der Waals surface area contributed by atoms with E-state index in [1.54, 1.807) is 0 Å². The second-order valence-electron chi connectivity index (χ2n) is 4.16. The molecule has 1 aliphatic heterocycles. The van der Waals surface area contributed by atoms with Gasteiger partial charge in [0, 0.05) is 0 Å². The molecule has 1 N–H and O–H groups in total. The Labute approximate surface area is 85.5 Å². The van der Waals surface area contributed by atoms with Gasteiger partial charge in [-0.05, 0) is 25.7 Å². The molecule has 3 nitrogen and oxygen atoms in total. The van der Waals surface area contributed by atoms with Crippen molar-refractivity contribution >= 4 is 5.97 Å². The van der Waals surface area contributed by atoms with E-state index in [1.807, 2.05) is 0 Å². The number of aliphatic hydroxyl groups is 1. The maximum absolute atomic E-state index is 11.3. The van der Waals surface area contributed by atoms with Crippen molar-refractivity contribution in [3.05, 3.63) is 0 Å². The van der Waals surface area contributed by atoms with Gasteiger partial charge in [-0.25, -0.2) is 4.79 Å². The average Bonchev–Trinajstić information content (AvgIpc) is 2.13. The van der Waals surface area contributed by atoms with Crippen molar-refractivity contribution in [1.82, 2.24) is 0 Å². The number of carbonyl (C=O) groups is 1. The van der Waals surface area contributed by atoms with E-state index in [0.29, 0.717) is 6.42 Å². The van der Waals surface area contributed by atoms with Crippen molar-refractivity contribution in [2.75, 3.05) is 0 Å². The number of carbonyl (C=O) groups excluding carboxylic acids is 1. The molecule has 0 aromatic rings. The molecule has 1 atom stereocenters. The lowest BCUT2D eigenvalue weighted by atomic mass is 9.84. The van der Waals surface area contributed by atoms with Crippen LogP contribution in [0.1, 0.15) is 52.4 Å². The number of hydrogen-bond donors (Lipinski definition) is 1. The molecular weight excluding hydrogens is 180 g/mol.